The topological polar surface area (TPSA) is 50.2 Å². The van der Waals surface area contributed by atoms with Crippen LogP contribution in [0.2, 0.25) is 0 Å². The van der Waals surface area contributed by atoms with Gasteiger partial charge in [-0.25, -0.2) is 4.98 Å². The second-order valence-corrected chi connectivity index (χ2v) is 6.06. The van der Waals surface area contributed by atoms with E-state index in [1.165, 1.54) is 5.56 Å². The van der Waals surface area contributed by atoms with Gasteiger partial charge in [-0.15, -0.1) is 11.3 Å². The number of nitrogens with zero attached hydrogens (tertiary/aromatic N) is 1. The molecule has 0 aliphatic heterocycles. The zero-order chi connectivity index (χ0) is 13.4. The van der Waals surface area contributed by atoms with Gasteiger partial charge in [0.05, 0.1) is 11.6 Å². The lowest BCUT2D eigenvalue weighted by Gasteiger charge is -2.16. The van der Waals surface area contributed by atoms with Crippen molar-refractivity contribution in [3.63, 3.8) is 0 Å². The molecule has 0 bridgehead atoms. The van der Waals surface area contributed by atoms with E-state index in [0.29, 0.717) is 6.42 Å². The summed E-state index contributed by atoms with van der Waals surface area (Å²) >= 11 is 1.64. The molecule has 4 heteroatoms. The summed E-state index contributed by atoms with van der Waals surface area (Å²) in [7, 11) is 0. The number of carbonyl (C=O) groups is 1. The molecule has 1 heterocycles. The fourth-order valence-corrected chi connectivity index (χ4v) is 3.65. The molecule has 0 amide bonds. The molecule has 1 atom stereocenters. The summed E-state index contributed by atoms with van der Waals surface area (Å²) in [6.45, 7) is 2.05. The summed E-state index contributed by atoms with van der Waals surface area (Å²) in [5.74, 6) is -1.17. The maximum Gasteiger partial charge on any atom is 0.312 e. The van der Waals surface area contributed by atoms with Crippen LogP contribution in [0.25, 0.3) is 10.6 Å². The minimum atomic E-state index is -0.748. The Morgan fingerprint density at radius 2 is 2.11 bits per heavy atom. The number of aromatic nitrogens is 1. The second-order valence-electron chi connectivity index (χ2n) is 4.98. The van der Waals surface area contributed by atoms with Crippen molar-refractivity contribution < 1.29 is 9.90 Å². The normalized spacial score (nSPS) is 18.1. The predicted molar refractivity (Wildman–Crippen MR) is 75.6 cm³/mol. The molecule has 0 fully saturated rings. The first kappa shape index (κ1) is 12.4. The molecular weight excluding hydrogens is 258 g/mol. The number of rotatable bonds is 2. The van der Waals surface area contributed by atoms with Crippen LogP contribution in [0.4, 0.5) is 0 Å². The Kier molecular flexibility index (Phi) is 3.11. The Balaban J connectivity index is 2.02. The highest BCUT2D eigenvalue weighted by Gasteiger charge is 2.30. The van der Waals surface area contributed by atoms with Crippen LogP contribution in [-0.4, -0.2) is 16.1 Å². The third-order valence-corrected chi connectivity index (χ3v) is 4.73. The van der Waals surface area contributed by atoms with Gasteiger partial charge in [0.25, 0.3) is 0 Å². The van der Waals surface area contributed by atoms with Crippen molar-refractivity contribution in [1.82, 2.24) is 4.98 Å². The predicted octanol–water partition coefficient (Wildman–Crippen LogP) is 3.62. The standard InChI is InChI=1S/C15H15NO2S/c1-9-5-7-10(8-6-9)14-16-13-11(15(17)18)3-2-4-12(13)19-14/h5-8,11H,2-4H2,1H3,(H,17,18). The largest absolute Gasteiger partial charge is 0.481 e. The highest BCUT2D eigenvalue weighted by atomic mass is 32.1. The first-order valence-corrected chi connectivity index (χ1v) is 7.26. The lowest BCUT2D eigenvalue weighted by atomic mass is 9.91. The maximum atomic E-state index is 11.3. The lowest BCUT2D eigenvalue weighted by molar-refractivity contribution is -0.139. The number of hydrogen-bond acceptors (Lipinski definition) is 3. The van der Waals surface area contributed by atoms with Gasteiger partial charge in [0.1, 0.15) is 5.01 Å². The summed E-state index contributed by atoms with van der Waals surface area (Å²) in [6.07, 6.45) is 2.61. The molecule has 3 rings (SSSR count). The van der Waals surface area contributed by atoms with Crippen LogP contribution in [0.15, 0.2) is 24.3 Å². The van der Waals surface area contributed by atoms with Crippen LogP contribution in [0.3, 0.4) is 0 Å². The van der Waals surface area contributed by atoms with Gasteiger partial charge >= 0.3 is 5.97 Å². The van der Waals surface area contributed by atoms with Gasteiger partial charge in [-0.2, -0.15) is 0 Å². The Bertz CT molecular complexity index is 616. The number of benzene rings is 1. The van der Waals surface area contributed by atoms with Gasteiger partial charge in [-0.3, -0.25) is 4.79 Å². The Morgan fingerprint density at radius 3 is 2.79 bits per heavy atom. The van der Waals surface area contributed by atoms with Gasteiger partial charge in [0.2, 0.25) is 0 Å². The van der Waals surface area contributed by atoms with E-state index < -0.39 is 11.9 Å². The Morgan fingerprint density at radius 1 is 1.37 bits per heavy atom. The van der Waals surface area contributed by atoms with E-state index in [1.807, 2.05) is 0 Å². The molecule has 3 nitrogen and oxygen atoms in total. The van der Waals surface area contributed by atoms with E-state index in [2.05, 4.69) is 36.2 Å². The van der Waals surface area contributed by atoms with Crippen molar-refractivity contribution in [2.45, 2.75) is 32.1 Å². The molecule has 1 N–H and O–H groups in total. The molecule has 0 saturated carbocycles. The van der Waals surface area contributed by atoms with Crippen LogP contribution >= 0.6 is 11.3 Å². The third-order valence-electron chi connectivity index (χ3n) is 3.55. The van der Waals surface area contributed by atoms with Crippen molar-refractivity contribution in [2.75, 3.05) is 0 Å². The summed E-state index contributed by atoms with van der Waals surface area (Å²) in [5.41, 5.74) is 3.09. The number of carboxylic acid groups (broad SMARTS) is 1. The molecule has 1 unspecified atom stereocenters. The first-order valence-electron chi connectivity index (χ1n) is 6.44. The third kappa shape index (κ3) is 2.28. The highest BCUT2D eigenvalue weighted by molar-refractivity contribution is 7.15. The molecular formula is C15H15NO2S. The van der Waals surface area contributed by atoms with E-state index in [0.717, 1.165) is 34.0 Å². The summed E-state index contributed by atoms with van der Waals surface area (Å²) in [5, 5.41) is 10.2. The van der Waals surface area contributed by atoms with Gasteiger partial charge in [0, 0.05) is 10.4 Å². The Labute approximate surface area is 115 Å². The van der Waals surface area contributed by atoms with Gasteiger partial charge in [-0.05, 0) is 26.2 Å². The smallest absolute Gasteiger partial charge is 0.312 e. The number of aliphatic carboxylic acids is 1. The molecule has 19 heavy (non-hydrogen) atoms. The quantitative estimate of drug-likeness (QED) is 0.909. The van der Waals surface area contributed by atoms with Crippen molar-refractivity contribution in [1.29, 1.82) is 0 Å². The number of aryl methyl sites for hydroxylation is 2. The molecule has 2 aromatic rings. The Hall–Kier alpha value is -1.68. The number of carboxylic acids is 1. The van der Waals surface area contributed by atoms with Crippen LogP contribution in [-0.2, 0) is 11.2 Å². The molecule has 1 aliphatic carbocycles. The second kappa shape index (κ2) is 4.78. The SMILES string of the molecule is Cc1ccc(-c2nc3c(s2)CCCC3C(=O)O)cc1. The number of thiazole rings is 1. The van der Waals surface area contributed by atoms with Crippen molar-refractivity contribution in [3.8, 4) is 10.6 Å². The van der Waals surface area contributed by atoms with Gasteiger partial charge in [0.15, 0.2) is 0 Å². The minimum Gasteiger partial charge on any atom is -0.481 e. The van der Waals surface area contributed by atoms with Crippen LogP contribution < -0.4 is 0 Å². The zero-order valence-corrected chi connectivity index (χ0v) is 11.5. The fourth-order valence-electron chi connectivity index (χ4n) is 2.48. The lowest BCUT2D eigenvalue weighted by Crippen LogP contribution is -2.17. The van der Waals surface area contributed by atoms with Gasteiger partial charge in [-0.1, -0.05) is 29.8 Å². The van der Waals surface area contributed by atoms with Crippen LogP contribution in [0, 0.1) is 6.92 Å². The first-order chi connectivity index (χ1) is 9.15. The number of hydrogen-bond donors (Lipinski definition) is 1. The van der Waals surface area contributed by atoms with Crippen molar-refractivity contribution in [3.05, 3.63) is 40.4 Å². The zero-order valence-electron chi connectivity index (χ0n) is 10.7. The number of fused-ring (bicyclic) bond motifs is 1. The van der Waals surface area contributed by atoms with E-state index in [1.54, 1.807) is 11.3 Å². The van der Waals surface area contributed by atoms with E-state index in [-0.39, 0.29) is 0 Å². The molecule has 0 spiro atoms. The van der Waals surface area contributed by atoms with Crippen LogP contribution in [0.1, 0.15) is 34.9 Å². The minimum absolute atomic E-state index is 0.417. The summed E-state index contributed by atoms with van der Waals surface area (Å²) in [4.78, 5) is 17.0. The maximum absolute atomic E-state index is 11.3. The van der Waals surface area contributed by atoms with Crippen molar-refractivity contribution in [2.24, 2.45) is 0 Å². The van der Waals surface area contributed by atoms with Crippen molar-refractivity contribution >= 4 is 17.3 Å². The summed E-state index contributed by atoms with van der Waals surface area (Å²) in [6, 6.07) is 8.22. The van der Waals surface area contributed by atoms with E-state index in [9.17, 15) is 9.90 Å². The molecule has 1 aliphatic rings. The molecule has 98 valence electrons. The van der Waals surface area contributed by atoms with Gasteiger partial charge < -0.3 is 5.11 Å². The fraction of sp³-hybridized carbons (Fsp3) is 0.333. The highest BCUT2D eigenvalue weighted by Crippen LogP contribution is 2.38. The average Bonchev–Trinajstić information content (AvgIpc) is 2.82. The van der Waals surface area contributed by atoms with E-state index >= 15 is 0 Å². The summed E-state index contributed by atoms with van der Waals surface area (Å²) < 4.78 is 0. The van der Waals surface area contributed by atoms with E-state index in [4.69, 9.17) is 0 Å². The average molecular weight is 273 g/mol. The molecule has 0 saturated heterocycles. The molecule has 0 radical (unpaired) electrons. The van der Waals surface area contributed by atoms with Crippen LogP contribution in [0.5, 0.6) is 0 Å². The monoisotopic (exact) mass is 273 g/mol. The molecule has 1 aromatic heterocycles. The molecule has 1 aromatic carbocycles.